The van der Waals surface area contributed by atoms with E-state index in [1.807, 2.05) is 30.3 Å². The number of hydrogen-bond donors (Lipinski definition) is 0. The molecule has 0 amide bonds. The zero-order valence-corrected chi connectivity index (χ0v) is 13.7. The summed E-state index contributed by atoms with van der Waals surface area (Å²) in [4.78, 5) is 0. The molecular formula is C19H32O2. The Bertz CT molecular complexity index is 311. The van der Waals surface area contributed by atoms with Crippen LogP contribution in [-0.2, 0) is 4.74 Å². The summed E-state index contributed by atoms with van der Waals surface area (Å²) in [6, 6.07) is 10.0. The molecule has 2 heteroatoms. The zero-order chi connectivity index (χ0) is 15.0. The fraction of sp³-hybridized carbons (Fsp3) is 0.684. The Hall–Kier alpha value is -1.02. The molecule has 0 atom stereocenters. The van der Waals surface area contributed by atoms with Crippen LogP contribution in [-0.4, -0.2) is 19.8 Å². The van der Waals surface area contributed by atoms with E-state index in [-0.39, 0.29) is 0 Å². The van der Waals surface area contributed by atoms with Crippen molar-refractivity contribution in [3.63, 3.8) is 0 Å². The van der Waals surface area contributed by atoms with E-state index in [0.29, 0.717) is 0 Å². The molecule has 21 heavy (non-hydrogen) atoms. The van der Waals surface area contributed by atoms with Crippen molar-refractivity contribution in [1.29, 1.82) is 0 Å². The van der Waals surface area contributed by atoms with E-state index in [1.54, 1.807) is 0 Å². The summed E-state index contributed by atoms with van der Waals surface area (Å²) >= 11 is 0. The highest BCUT2D eigenvalue weighted by Crippen LogP contribution is 2.09. The number of para-hydroxylation sites is 1. The minimum Gasteiger partial charge on any atom is -0.494 e. The quantitative estimate of drug-likeness (QED) is 0.415. The predicted molar refractivity (Wildman–Crippen MR) is 90.0 cm³/mol. The average molecular weight is 292 g/mol. The van der Waals surface area contributed by atoms with Crippen molar-refractivity contribution in [3.05, 3.63) is 30.3 Å². The summed E-state index contributed by atoms with van der Waals surface area (Å²) in [5.41, 5.74) is 0. The van der Waals surface area contributed by atoms with Crippen LogP contribution in [0.5, 0.6) is 5.75 Å². The Kier molecular flexibility index (Phi) is 12.0. The zero-order valence-electron chi connectivity index (χ0n) is 13.7. The van der Waals surface area contributed by atoms with E-state index in [1.165, 1.54) is 51.4 Å². The second-order valence-electron chi connectivity index (χ2n) is 5.60. The van der Waals surface area contributed by atoms with Gasteiger partial charge in [0.2, 0.25) is 0 Å². The van der Waals surface area contributed by atoms with Crippen molar-refractivity contribution < 1.29 is 9.47 Å². The third kappa shape index (κ3) is 11.3. The van der Waals surface area contributed by atoms with Gasteiger partial charge in [-0.05, 0) is 37.8 Å². The highest BCUT2D eigenvalue weighted by Gasteiger charge is 1.94. The molecule has 0 aromatic heterocycles. The fourth-order valence-electron chi connectivity index (χ4n) is 2.28. The smallest absolute Gasteiger partial charge is 0.119 e. The van der Waals surface area contributed by atoms with Crippen LogP contribution in [0.3, 0.4) is 0 Å². The van der Waals surface area contributed by atoms with E-state index >= 15 is 0 Å². The summed E-state index contributed by atoms with van der Waals surface area (Å²) in [7, 11) is 0. The first-order valence-corrected chi connectivity index (χ1v) is 8.69. The Morgan fingerprint density at radius 3 is 1.86 bits per heavy atom. The van der Waals surface area contributed by atoms with Crippen molar-refractivity contribution in [2.24, 2.45) is 0 Å². The van der Waals surface area contributed by atoms with Crippen LogP contribution in [0.2, 0.25) is 0 Å². The van der Waals surface area contributed by atoms with E-state index in [9.17, 15) is 0 Å². The van der Waals surface area contributed by atoms with Gasteiger partial charge in [0.1, 0.15) is 5.75 Å². The van der Waals surface area contributed by atoms with Crippen molar-refractivity contribution >= 4 is 0 Å². The fourth-order valence-corrected chi connectivity index (χ4v) is 2.28. The highest BCUT2D eigenvalue weighted by molar-refractivity contribution is 5.20. The first-order valence-electron chi connectivity index (χ1n) is 8.69. The summed E-state index contributed by atoms with van der Waals surface area (Å²) < 4.78 is 11.3. The van der Waals surface area contributed by atoms with Crippen LogP contribution < -0.4 is 4.74 Å². The lowest BCUT2D eigenvalue weighted by atomic mass is 10.2. The first-order chi connectivity index (χ1) is 10.4. The van der Waals surface area contributed by atoms with Gasteiger partial charge in [0.05, 0.1) is 6.61 Å². The molecule has 0 heterocycles. The summed E-state index contributed by atoms with van der Waals surface area (Å²) in [5.74, 6) is 0.976. The third-order valence-electron chi connectivity index (χ3n) is 3.59. The normalized spacial score (nSPS) is 10.7. The molecule has 0 aliphatic rings. The maximum atomic E-state index is 5.67. The second kappa shape index (κ2) is 13.9. The van der Waals surface area contributed by atoms with Gasteiger partial charge in [-0.25, -0.2) is 0 Å². The molecule has 0 fully saturated rings. The predicted octanol–water partition coefficient (Wildman–Crippen LogP) is 5.61. The molecule has 0 saturated heterocycles. The maximum Gasteiger partial charge on any atom is 0.119 e. The van der Waals surface area contributed by atoms with Crippen LogP contribution in [0, 0.1) is 0 Å². The Balaban J connectivity index is 1.75. The van der Waals surface area contributed by atoms with Crippen molar-refractivity contribution in [1.82, 2.24) is 0 Å². The van der Waals surface area contributed by atoms with Gasteiger partial charge in [-0.3, -0.25) is 0 Å². The van der Waals surface area contributed by atoms with Gasteiger partial charge in [-0.2, -0.15) is 0 Å². The van der Waals surface area contributed by atoms with Gasteiger partial charge in [-0.1, -0.05) is 57.2 Å². The number of benzene rings is 1. The van der Waals surface area contributed by atoms with E-state index in [4.69, 9.17) is 9.47 Å². The van der Waals surface area contributed by atoms with E-state index in [2.05, 4.69) is 6.92 Å². The van der Waals surface area contributed by atoms with Crippen LogP contribution >= 0.6 is 0 Å². The van der Waals surface area contributed by atoms with Crippen LogP contribution in [0.15, 0.2) is 30.3 Å². The minimum atomic E-state index is 0.822. The molecule has 1 aromatic rings. The second-order valence-corrected chi connectivity index (χ2v) is 5.60. The summed E-state index contributed by atoms with van der Waals surface area (Å²) in [6.45, 7) is 4.94. The van der Waals surface area contributed by atoms with Gasteiger partial charge < -0.3 is 9.47 Å². The average Bonchev–Trinajstić information content (AvgIpc) is 2.53. The van der Waals surface area contributed by atoms with E-state index in [0.717, 1.165) is 32.0 Å². The lowest BCUT2D eigenvalue weighted by Crippen LogP contribution is -1.99. The number of rotatable bonds is 14. The molecule has 1 aromatic carbocycles. The van der Waals surface area contributed by atoms with Gasteiger partial charge in [0.25, 0.3) is 0 Å². The number of ether oxygens (including phenoxy) is 2. The SMILES string of the molecule is CCCCCCCOCCCCCCOc1ccccc1. The van der Waals surface area contributed by atoms with Crippen LogP contribution in [0.4, 0.5) is 0 Å². The molecule has 1 rings (SSSR count). The lowest BCUT2D eigenvalue weighted by molar-refractivity contribution is 0.125. The summed E-state index contributed by atoms with van der Waals surface area (Å²) in [5, 5.41) is 0. The lowest BCUT2D eigenvalue weighted by Gasteiger charge is -2.06. The molecular weight excluding hydrogens is 260 g/mol. The Morgan fingerprint density at radius 1 is 0.667 bits per heavy atom. The standard InChI is InChI=1S/C19H32O2/c1-2-3-4-5-11-16-20-17-12-6-7-13-18-21-19-14-9-8-10-15-19/h8-10,14-15H,2-7,11-13,16-18H2,1H3. The summed E-state index contributed by atoms with van der Waals surface area (Å²) in [6.07, 6.45) is 11.4. The first kappa shape index (κ1) is 18.0. The Labute approximate surface area is 130 Å². The minimum absolute atomic E-state index is 0.822. The molecule has 0 saturated carbocycles. The molecule has 0 unspecified atom stereocenters. The van der Waals surface area contributed by atoms with Gasteiger partial charge in [0.15, 0.2) is 0 Å². The largest absolute Gasteiger partial charge is 0.494 e. The van der Waals surface area contributed by atoms with Gasteiger partial charge >= 0.3 is 0 Å². The van der Waals surface area contributed by atoms with Gasteiger partial charge in [-0.15, -0.1) is 0 Å². The molecule has 0 spiro atoms. The van der Waals surface area contributed by atoms with Gasteiger partial charge in [0, 0.05) is 13.2 Å². The van der Waals surface area contributed by atoms with Crippen LogP contribution in [0.25, 0.3) is 0 Å². The monoisotopic (exact) mass is 292 g/mol. The highest BCUT2D eigenvalue weighted by atomic mass is 16.5. The molecule has 0 aliphatic carbocycles. The molecule has 0 radical (unpaired) electrons. The molecule has 0 bridgehead atoms. The molecule has 2 nitrogen and oxygen atoms in total. The van der Waals surface area contributed by atoms with Crippen LogP contribution in [0.1, 0.15) is 64.7 Å². The Morgan fingerprint density at radius 2 is 1.24 bits per heavy atom. The van der Waals surface area contributed by atoms with Crippen molar-refractivity contribution in [3.8, 4) is 5.75 Å². The molecule has 0 aliphatic heterocycles. The third-order valence-corrected chi connectivity index (χ3v) is 3.59. The topological polar surface area (TPSA) is 18.5 Å². The number of unbranched alkanes of at least 4 members (excludes halogenated alkanes) is 7. The number of hydrogen-bond acceptors (Lipinski definition) is 2. The van der Waals surface area contributed by atoms with Crippen molar-refractivity contribution in [2.75, 3.05) is 19.8 Å². The van der Waals surface area contributed by atoms with E-state index < -0.39 is 0 Å². The molecule has 120 valence electrons. The van der Waals surface area contributed by atoms with Crippen molar-refractivity contribution in [2.45, 2.75) is 64.7 Å². The maximum absolute atomic E-state index is 5.67. The molecule has 0 N–H and O–H groups in total.